The van der Waals surface area contributed by atoms with Gasteiger partial charge in [0.1, 0.15) is 11.4 Å². The standard InChI is InChI=1S/C15H14N4O2/c1-17-11-5-6-18-13(8-11)15(20)19-12-4-3-10(9-16)7-14(12)21-2/h3-8H,1-2H3,(H,17,18)(H,19,20). The molecular weight excluding hydrogens is 268 g/mol. The molecule has 0 saturated carbocycles. The van der Waals surface area contributed by atoms with Crippen molar-refractivity contribution in [2.24, 2.45) is 0 Å². The quantitative estimate of drug-likeness (QED) is 0.898. The predicted molar refractivity (Wildman–Crippen MR) is 79.4 cm³/mol. The van der Waals surface area contributed by atoms with Crippen LogP contribution in [0.15, 0.2) is 36.5 Å². The summed E-state index contributed by atoms with van der Waals surface area (Å²) in [5, 5.41) is 14.5. The highest BCUT2D eigenvalue weighted by atomic mass is 16.5. The van der Waals surface area contributed by atoms with Crippen LogP contribution in [0.3, 0.4) is 0 Å². The van der Waals surface area contributed by atoms with E-state index in [9.17, 15) is 4.79 Å². The van der Waals surface area contributed by atoms with E-state index in [1.54, 1.807) is 43.6 Å². The molecule has 2 rings (SSSR count). The van der Waals surface area contributed by atoms with Crippen LogP contribution in [0.2, 0.25) is 0 Å². The summed E-state index contributed by atoms with van der Waals surface area (Å²) in [7, 11) is 3.24. The number of pyridine rings is 1. The van der Waals surface area contributed by atoms with Gasteiger partial charge in [-0.2, -0.15) is 5.26 Å². The molecule has 0 fully saturated rings. The molecule has 0 saturated heterocycles. The average molecular weight is 282 g/mol. The molecule has 0 unspecified atom stereocenters. The van der Waals surface area contributed by atoms with E-state index in [0.717, 1.165) is 5.69 Å². The summed E-state index contributed by atoms with van der Waals surface area (Å²) in [6, 6.07) is 10.2. The summed E-state index contributed by atoms with van der Waals surface area (Å²) in [6.45, 7) is 0. The van der Waals surface area contributed by atoms with Crippen LogP contribution in [0.4, 0.5) is 11.4 Å². The Morgan fingerprint density at radius 3 is 2.81 bits per heavy atom. The average Bonchev–Trinajstić information content (AvgIpc) is 2.55. The van der Waals surface area contributed by atoms with Crippen molar-refractivity contribution in [3.05, 3.63) is 47.8 Å². The molecule has 0 radical (unpaired) electrons. The second-order valence-corrected chi connectivity index (χ2v) is 4.16. The van der Waals surface area contributed by atoms with Crippen LogP contribution < -0.4 is 15.4 Å². The van der Waals surface area contributed by atoms with Gasteiger partial charge in [-0.15, -0.1) is 0 Å². The molecule has 0 aliphatic heterocycles. The third kappa shape index (κ3) is 3.28. The number of carbonyl (C=O) groups is 1. The third-order valence-electron chi connectivity index (χ3n) is 2.86. The molecule has 21 heavy (non-hydrogen) atoms. The summed E-state index contributed by atoms with van der Waals surface area (Å²) in [5.41, 5.74) is 2.02. The molecule has 0 spiro atoms. The topological polar surface area (TPSA) is 87.0 Å². The maximum atomic E-state index is 12.2. The molecule has 1 aromatic heterocycles. The number of methoxy groups -OCH3 is 1. The maximum absolute atomic E-state index is 12.2. The molecule has 0 atom stereocenters. The zero-order chi connectivity index (χ0) is 15.2. The molecule has 106 valence electrons. The highest BCUT2D eigenvalue weighted by Crippen LogP contribution is 2.25. The van der Waals surface area contributed by atoms with Crippen molar-refractivity contribution >= 4 is 17.3 Å². The largest absolute Gasteiger partial charge is 0.495 e. The fourth-order valence-electron chi connectivity index (χ4n) is 1.76. The minimum absolute atomic E-state index is 0.285. The lowest BCUT2D eigenvalue weighted by Gasteiger charge is -2.10. The van der Waals surface area contributed by atoms with Gasteiger partial charge in [0.2, 0.25) is 0 Å². The molecule has 0 bridgehead atoms. The lowest BCUT2D eigenvalue weighted by molar-refractivity contribution is 0.102. The van der Waals surface area contributed by atoms with Gasteiger partial charge in [0.25, 0.3) is 5.91 Å². The Labute approximate surface area is 122 Å². The van der Waals surface area contributed by atoms with Gasteiger partial charge in [-0.1, -0.05) is 0 Å². The van der Waals surface area contributed by atoms with E-state index in [1.165, 1.54) is 7.11 Å². The summed E-state index contributed by atoms with van der Waals surface area (Å²) in [4.78, 5) is 16.2. The van der Waals surface area contributed by atoms with Crippen molar-refractivity contribution in [1.29, 1.82) is 5.26 Å². The van der Waals surface area contributed by atoms with Gasteiger partial charge < -0.3 is 15.4 Å². The zero-order valence-electron chi connectivity index (χ0n) is 11.7. The van der Waals surface area contributed by atoms with Crippen molar-refractivity contribution in [3.63, 3.8) is 0 Å². The fourth-order valence-corrected chi connectivity index (χ4v) is 1.76. The van der Waals surface area contributed by atoms with Crippen LogP contribution in [0.25, 0.3) is 0 Å². The minimum atomic E-state index is -0.352. The molecule has 2 N–H and O–H groups in total. The van der Waals surface area contributed by atoms with Gasteiger partial charge in [0.05, 0.1) is 24.4 Å². The molecule has 0 aliphatic rings. The van der Waals surface area contributed by atoms with E-state index in [0.29, 0.717) is 17.0 Å². The van der Waals surface area contributed by atoms with E-state index in [2.05, 4.69) is 15.6 Å². The monoisotopic (exact) mass is 282 g/mol. The van der Waals surface area contributed by atoms with Crippen LogP contribution in [-0.2, 0) is 0 Å². The number of nitrogens with one attached hydrogen (secondary N) is 2. The van der Waals surface area contributed by atoms with Crippen LogP contribution in [0.1, 0.15) is 16.1 Å². The van der Waals surface area contributed by atoms with Gasteiger partial charge in [-0.25, -0.2) is 0 Å². The van der Waals surface area contributed by atoms with Crippen molar-refractivity contribution in [1.82, 2.24) is 4.98 Å². The molecule has 1 amide bonds. The molecule has 0 aliphatic carbocycles. The van der Waals surface area contributed by atoms with Crippen molar-refractivity contribution < 1.29 is 9.53 Å². The van der Waals surface area contributed by atoms with Gasteiger partial charge in [0, 0.05) is 25.0 Å². The second-order valence-electron chi connectivity index (χ2n) is 4.16. The van der Waals surface area contributed by atoms with Crippen LogP contribution in [0.5, 0.6) is 5.75 Å². The first kappa shape index (κ1) is 14.3. The van der Waals surface area contributed by atoms with Crippen molar-refractivity contribution in [2.45, 2.75) is 0 Å². The lowest BCUT2D eigenvalue weighted by atomic mass is 10.2. The normalized spacial score (nSPS) is 9.57. The zero-order valence-corrected chi connectivity index (χ0v) is 11.7. The molecule has 6 nitrogen and oxygen atoms in total. The number of benzene rings is 1. The number of amides is 1. The number of aromatic nitrogens is 1. The molecule has 6 heteroatoms. The van der Waals surface area contributed by atoms with Crippen molar-refractivity contribution in [3.8, 4) is 11.8 Å². The molecule has 1 aromatic carbocycles. The van der Waals surface area contributed by atoms with E-state index in [1.807, 2.05) is 6.07 Å². The van der Waals surface area contributed by atoms with E-state index < -0.39 is 0 Å². The van der Waals surface area contributed by atoms with E-state index in [-0.39, 0.29) is 11.6 Å². The van der Waals surface area contributed by atoms with E-state index in [4.69, 9.17) is 10.00 Å². The number of rotatable bonds is 4. The van der Waals surface area contributed by atoms with Gasteiger partial charge >= 0.3 is 0 Å². The number of hydrogen-bond donors (Lipinski definition) is 2. The Morgan fingerprint density at radius 2 is 2.14 bits per heavy atom. The molecule has 1 heterocycles. The number of hydrogen-bond acceptors (Lipinski definition) is 5. The predicted octanol–water partition coefficient (Wildman–Crippen LogP) is 2.26. The first-order chi connectivity index (χ1) is 10.2. The number of ether oxygens (including phenoxy) is 1. The Kier molecular flexibility index (Phi) is 4.36. The van der Waals surface area contributed by atoms with Gasteiger partial charge in [-0.3, -0.25) is 9.78 Å². The first-order valence-corrected chi connectivity index (χ1v) is 6.21. The number of anilines is 2. The minimum Gasteiger partial charge on any atom is -0.495 e. The summed E-state index contributed by atoms with van der Waals surface area (Å²) < 4.78 is 5.17. The summed E-state index contributed by atoms with van der Waals surface area (Å²) in [6.07, 6.45) is 1.55. The van der Waals surface area contributed by atoms with Crippen LogP contribution in [-0.4, -0.2) is 25.0 Å². The van der Waals surface area contributed by atoms with E-state index >= 15 is 0 Å². The molecule has 2 aromatic rings. The lowest BCUT2D eigenvalue weighted by Crippen LogP contribution is -2.14. The summed E-state index contributed by atoms with van der Waals surface area (Å²) >= 11 is 0. The Morgan fingerprint density at radius 1 is 1.33 bits per heavy atom. The number of nitriles is 1. The highest BCUT2D eigenvalue weighted by Gasteiger charge is 2.12. The SMILES string of the molecule is CNc1ccnc(C(=O)Nc2ccc(C#N)cc2OC)c1. The smallest absolute Gasteiger partial charge is 0.274 e. The molecular formula is C15H14N4O2. The maximum Gasteiger partial charge on any atom is 0.274 e. The van der Waals surface area contributed by atoms with Crippen LogP contribution in [0, 0.1) is 11.3 Å². The van der Waals surface area contributed by atoms with Crippen molar-refractivity contribution in [2.75, 3.05) is 24.8 Å². The Bertz CT molecular complexity index is 707. The summed E-state index contributed by atoms with van der Waals surface area (Å²) in [5.74, 6) is 0.0716. The second kappa shape index (κ2) is 6.39. The van der Waals surface area contributed by atoms with Crippen LogP contribution >= 0.6 is 0 Å². The highest BCUT2D eigenvalue weighted by molar-refractivity contribution is 6.04. The fraction of sp³-hybridized carbons (Fsp3) is 0.133. The van der Waals surface area contributed by atoms with Gasteiger partial charge in [-0.05, 0) is 24.3 Å². The third-order valence-corrected chi connectivity index (χ3v) is 2.86. The first-order valence-electron chi connectivity index (χ1n) is 6.21. The Balaban J connectivity index is 2.25. The Hall–Kier alpha value is -3.07. The number of carbonyl (C=O) groups excluding carboxylic acids is 1. The van der Waals surface area contributed by atoms with Gasteiger partial charge in [0.15, 0.2) is 0 Å². The number of nitrogens with zero attached hydrogens (tertiary/aromatic N) is 2.